The Hall–Kier alpha value is -0.660. The average molecular weight is 263 g/mol. The van der Waals surface area contributed by atoms with Gasteiger partial charge in [0.25, 0.3) is 0 Å². The van der Waals surface area contributed by atoms with Gasteiger partial charge in [0.1, 0.15) is 0 Å². The van der Waals surface area contributed by atoms with Gasteiger partial charge in [-0.15, -0.1) is 0 Å². The molecule has 1 saturated carbocycles. The largest absolute Gasteiger partial charge is 0.348 e. The van der Waals surface area contributed by atoms with Gasteiger partial charge in [0.15, 0.2) is 5.25 Å². The van der Waals surface area contributed by atoms with Crippen LogP contribution in [0.4, 0.5) is 0 Å². The number of rotatable bonds is 5. The Morgan fingerprint density at radius 3 is 2.35 bits per heavy atom. The molecule has 0 aromatic carbocycles. The summed E-state index contributed by atoms with van der Waals surface area (Å²) in [5.74, 6) is -0.433. The third-order valence-corrected chi connectivity index (χ3v) is 4.91. The smallest absolute Gasteiger partial charge is 0.241 e. The van der Waals surface area contributed by atoms with Crippen molar-refractivity contribution in [2.45, 2.75) is 37.0 Å². The maximum absolute atomic E-state index is 11.8. The molecule has 6 nitrogen and oxygen atoms in total. The molecule has 100 valence electrons. The normalized spacial score (nSPS) is 20.5. The Balaban J connectivity index is 2.59. The molecule has 17 heavy (non-hydrogen) atoms. The number of hydrogen-bond acceptors (Lipinski definition) is 4. The number of carbonyl (C=O) groups is 1. The second kappa shape index (κ2) is 4.91. The minimum absolute atomic E-state index is 0.209. The molecule has 1 rings (SSSR count). The van der Waals surface area contributed by atoms with Gasteiger partial charge >= 0.3 is 0 Å². The predicted molar refractivity (Wildman–Crippen MR) is 65.8 cm³/mol. The molecule has 0 aromatic heterocycles. The summed E-state index contributed by atoms with van der Waals surface area (Å²) in [6.45, 7) is 1.59. The lowest BCUT2D eigenvalue weighted by atomic mass is 9.78. The fraction of sp³-hybridized carbons (Fsp3) is 0.900. The number of nitrogens with two attached hydrogens (primary N) is 1. The van der Waals surface area contributed by atoms with E-state index in [1.165, 1.54) is 25.9 Å². The van der Waals surface area contributed by atoms with Crippen molar-refractivity contribution in [1.29, 1.82) is 0 Å². The number of nitrogens with zero attached hydrogens (tertiary/aromatic N) is 1. The molecule has 0 spiro atoms. The van der Waals surface area contributed by atoms with Crippen molar-refractivity contribution in [3.05, 3.63) is 0 Å². The molecule has 0 aliphatic heterocycles. The van der Waals surface area contributed by atoms with Crippen LogP contribution >= 0.6 is 0 Å². The molecule has 1 atom stereocenters. The van der Waals surface area contributed by atoms with Crippen LogP contribution in [0.1, 0.15) is 26.2 Å². The van der Waals surface area contributed by atoms with Gasteiger partial charge in [0.05, 0.1) is 0 Å². The van der Waals surface area contributed by atoms with Gasteiger partial charge in [-0.25, -0.2) is 13.1 Å². The molecule has 1 unspecified atom stereocenters. The highest BCUT2D eigenvalue weighted by atomic mass is 32.2. The molecular weight excluding hydrogens is 242 g/mol. The van der Waals surface area contributed by atoms with Crippen molar-refractivity contribution < 1.29 is 13.2 Å². The number of sulfonamides is 1. The molecule has 7 heteroatoms. The number of nitrogens with one attached hydrogen (secondary N) is 1. The quantitative estimate of drug-likeness (QED) is 0.683. The Morgan fingerprint density at radius 1 is 1.47 bits per heavy atom. The summed E-state index contributed by atoms with van der Waals surface area (Å²) >= 11 is 0. The van der Waals surface area contributed by atoms with E-state index < -0.39 is 26.7 Å². The minimum atomic E-state index is -3.64. The van der Waals surface area contributed by atoms with Crippen molar-refractivity contribution in [3.63, 3.8) is 0 Å². The minimum Gasteiger partial charge on any atom is -0.348 e. The molecule has 0 radical (unpaired) electrons. The summed E-state index contributed by atoms with van der Waals surface area (Å²) in [7, 11) is -0.570. The van der Waals surface area contributed by atoms with Crippen molar-refractivity contribution in [2.75, 3.05) is 20.6 Å². The van der Waals surface area contributed by atoms with E-state index in [0.717, 1.165) is 19.3 Å². The van der Waals surface area contributed by atoms with Gasteiger partial charge in [-0.1, -0.05) is 0 Å². The summed E-state index contributed by atoms with van der Waals surface area (Å²) in [6.07, 6.45) is 2.68. The standard InChI is InChI=1S/C10H21N3O3S/c1-8(9(14)13(2)3)17(15,16)12-7-10(11)5-4-6-10/h8,12H,4-7,11H2,1-3H3. The Bertz CT molecular complexity index is 388. The molecule has 1 fully saturated rings. The lowest BCUT2D eigenvalue weighted by Gasteiger charge is -2.38. The maximum atomic E-state index is 11.8. The van der Waals surface area contributed by atoms with Crippen LogP contribution in [0.25, 0.3) is 0 Å². The molecule has 1 amide bonds. The first-order valence-electron chi connectivity index (χ1n) is 5.66. The van der Waals surface area contributed by atoms with Crippen LogP contribution in [0.15, 0.2) is 0 Å². The third kappa shape index (κ3) is 3.40. The van der Waals surface area contributed by atoms with Crippen LogP contribution in [-0.4, -0.2) is 50.7 Å². The third-order valence-electron chi connectivity index (χ3n) is 3.23. The zero-order chi connectivity index (χ0) is 13.3. The first kappa shape index (κ1) is 14.4. The Morgan fingerprint density at radius 2 is 2.00 bits per heavy atom. The van der Waals surface area contributed by atoms with Gasteiger partial charge in [0.2, 0.25) is 15.9 Å². The van der Waals surface area contributed by atoms with Crippen LogP contribution in [0, 0.1) is 0 Å². The van der Waals surface area contributed by atoms with Gasteiger partial charge in [-0.05, 0) is 26.2 Å². The highest BCUT2D eigenvalue weighted by molar-refractivity contribution is 7.90. The van der Waals surface area contributed by atoms with Crippen LogP contribution in [-0.2, 0) is 14.8 Å². The van der Waals surface area contributed by atoms with Crippen LogP contribution in [0.2, 0.25) is 0 Å². The van der Waals surface area contributed by atoms with E-state index in [1.807, 2.05) is 0 Å². The summed E-state index contributed by atoms with van der Waals surface area (Å²) in [5, 5.41) is -1.08. The molecule has 3 N–H and O–H groups in total. The summed E-state index contributed by atoms with van der Waals surface area (Å²) in [5.41, 5.74) is 5.50. The van der Waals surface area contributed by atoms with Crippen molar-refractivity contribution in [2.24, 2.45) is 5.73 Å². The van der Waals surface area contributed by atoms with E-state index in [4.69, 9.17) is 5.73 Å². The summed E-state index contributed by atoms with van der Waals surface area (Å²) in [6, 6.07) is 0. The second-order valence-electron chi connectivity index (χ2n) is 4.96. The fourth-order valence-corrected chi connectivity index (χ4v) is 2.89. The van der Waals surface area contributed by atoms with Crippen LogP contribution in [0.5, 0.6) is 0 Å². The molecule has 0 heterocycles. The van der Waals surface area contributed by atoms with E-state index >= 15 is 0 Å². The van der Waals surface area contributed by atoms with Crippen LogP contribution in [0.3, 0.4) is 0 Å². The first-order chi connectivity index (χ1) is 7.68. The molecule has 1 aliphatic rings. The lowest BCUT2D eigenvalue weighted by Crippen LogP contribution is -2.56. The van der Waals surface area contributed by atoms with Crippen LogP contribution < -0.4 is 10.5 Å². The molecular formula is C10H21N3O3S. The van der Waals surface area contributed by atoms with Gasteiger partial charge in [0, 0.05) is 26.2 Å². The van der Waals surface area contributed by atoms with Gasteiger partial charge in [-0.2, -0.15) is 0 Å². The van der Waals surface area contributed by atoms with E-state index in [-0.39, 0.29) is 6.54 Å². The van der Waals surface area contributed by atoms with E-state index in [9.17, 15) is 13.2 Å². The topological polar surface area (TPSA) is 92.5 Å². The number of carbonyl (C=O) groups excluding carboxylic acids is 1. The van der Waals surface area contributed by atoms with Crippen molar-refractivity contribution in [1.82, 2.24) is 9.62 Å². The summed E-state index contributed by atoms with van der Waals surface area (Å²) in [4.78, 5) is 12.8. The monoisotopic (exact) mass is 263 g/mol. The summed E-state index contributed by atoms with van der Waals surface area (Å²) < 4.78 is 26.1. The first-order valence-corrected chi connectivity index (χ1v) is 7.21. The maximum Gasteiger partial charge on any atom is 0.241 e. The van der Waals surface area contributed by atoms with E-state index in [2.05, 4.69) is 4.72 Å². The second-order valence-corrected chi connectivity index (χ2v) is 7.04. The lowest BCUT2D eigenvalue weighted by molar-refractivity contribution is -0.127. The number of hydrogen-bond donors (Lipinski definition) is 2. The predicted octanol–water partition coefficient (Wildman–Crippen LogP) is -0.736. The van der Waals surface area contributed by atoms with Gasteiger partial charge in [-0.3, -0.25) is 4.79 Å². The van der Waals surface area contributed by atoms with Crippen molar-refractivity contribution >= 4 is 15.9 Å². The fourth-order valence-electron chi connectivity index (χ4n) is 1.67. The molecule has 0 bridgehead atoms. The van der Waals surface area contributed by atoms with E-state index in [1.54, 1.807) is 0 Å². The van der Waals surface area contributed by atoms with Gasteiger partial charge < -0.3 is 10.6 Å². The Labute approximate surface area is 103 Å². The van der Waals surface area contributed by atoms with E-state index in [0.29, 0.717) is 0 Å². The average Bonchev–Trinajstić information content (AvgIpc) is 2.21. The molecule has 1 aliphatic carbocycles. The molecule has 0 aromatic rings. The van der Waals surface area contributed by atoms with Crippen molar-refractivity contribution in [3.8, 4) is 0 Å². The zero-order valence-electron chi connectivity index (χ0n) is 10.6. The zero-order valence-corrected chi connectivity index (χ0v) is 11.4. The SMILES string of the molecule is CC(C(=O)N(C)C)S(=O)(=O)NCC1(N)CCC1. The molecule has 0 saturated heterocycles. The Kier molecular flexibility index (Phi) is 4.16. The highest BCUT2D eigenvalue weighted by Gasteiger charge is 2.36. The number of amides is 1. The highest BCUT2D eigenvalue weighted by Crippen LogP contribution is 2.28.